The fraction of sp³-hybridized carbons (Fsp3) is 0.900. The second kappa shape index (κ2) is 6.77. The maximum atomic E-state index is 8.72. The Hall–Kier alpha value is -0.630. The number of nitriles is 1. The Morgan fingerprint density at radius 2 is 2.50 bits per heavy atom. The van der Waals surface area contributed by atoms with Crippen molar-refractivity contribution >= 4 is 0 Å². The minimum atomic E-state index is 0.359. The maximum Gasteiger partial charge on any atom is 0.0638 e. The Balaban J connectivity index is 2.42. The first-order chi connectivity index (χ1) is 6.88. The van der Waals surface area contributed by atoms with Gasteiger partial charge in [-0.25, -0.2) is 0 Å². The number of nitrogens with zero attached hydrogens (tertiary/aromatic N) is 2. The highest BCUT2D eigenvalue weighted by Crippen LogP contribution is 2.07. The van der Waals surface area contributed by atoms with Crippen molar-refractivity contribution in [3.63, 3.8) is 0 Å². The van der Waals surface area contributed by atoms with E-state index < -0.39 is 0 Å². The number of hydrogen-bond donors (Lipinski definition) is 1. The minimum absolute atomic E-state index is 0.359. The molecule has 1 heterocycles. The lowest BCUT2D eigenvalue weighted by molar-refractivity contribution is 0.126. The molecule has 14 heavy (non-hydrogen) atoms. The summed E-state index contributed by atoms with van der Waals surface area (Å²) < 4.78 is 5.07. The van der Waals surface area contributed by atoms with E-state index in [-0.39, 0.29) is 0 Å². The number of ether oxygens (including phenoxy) is 1. The van der Waals surface area contributed by atoms with Gasteiger partial charge in [-0.3, -0.25) is 4.90 Å². The summed E-state index contributed by atoms with van der Waals surface area (Å²) in [6.45, 7) is 4.75. The van der Waals surface area contributed by atoms with E-state index in [0.29, 0.717) is 12.5 Å². The number of hydrogen-bond acceptors (Lipinski definition) is 4. The molecule has 1 aliphatic rings. The zero-order valence-electron chi connectivity index (χ0n) is 8.83. The molecule has 1 saturated heterocycles. The van der Waals surface area contributed by atoms with Gasteiger partial charge in [0.25, 0.3) is 0 Å². The maximum absolute atomic E-state index is 8.72. The van der Waals surface area contributed by atoms with Crippen LogP contribution in [-0.2, 0) is 4.74 Å². The standard InChI is InChI=1S/C10H19N3O/c1-14-8-7-13-6-2-5-12-9-10(13)3-4-11/h10,12H,2-3,5-9H2,1H3. The van der Waals surface area contributed by atoms with E-state index in [9.17, 15) is 0 Å². The summed E-state index contributed by atoms with van der Waals surface area (Å²) in [4.78, 5) is 2.35. The number of methoxy groups -OCH3 is 1. The molecule has 80 valence electrons. The smallest absolute Gasteiger partial charge is 0.0638 e. The fourth-order valence-electron chi connectivity index (χ4n) is 1.80. The van der Waals surface area contributed by atoms with Gasteiger partial charge >= 0.3 is 0 Å². The Kier molecular flexibility index (Phi) is 5.53. The van der Waals surface area contributed by atoms with Crippen molar-refractivity contribution in [3.8, 4) is 6.07 Å². The molecule has 0 spiro atoms. The van der Waals surface area contributed by atoms with Crippen molar-refractivity contribution < 1.29 is 4.74 Å². The van der Waals surface area contributed by atoms with Crippen LogP contribution in [0.3, 0.4) is 0 Å². The molecule has 1 N–H and O–H groups in total. The van der Waals surface area contributed by atoms with Gasteiger partial charge in [0.1, 0.15) is 0 Å². The average Bonchev–Trinajstić information content (AvgIpc) is 2.41. The molecule has 1 atom stereocenters. The van der Waals surface area contributed by atoms with Crippen LogP contribution in [0.25, 0.3) is 0 Å². The minimum Gasteiger partial charge on any atom is -0.383 e. The summed E-state index contributed by atoms with van der Waals surface area (Å²) in [6, 6.07) is 2.61. The van der Waals surface area contributed by atoms with Gasteiger partial charge in [-0.15, -0.1) is 0 Å². The van der Waals surface area contributed by atoms with E-state index in [1.54, 1.807) is 7.11 Å². The Bertz CT molecular complexity index is 190. The van der Waals surface area contributed by atoms with Crippen LogP contribution in [0.1, 0.15) is 12.8 Å². The predicted molar refractivity (Wildman–Crippen MR) is 55.0 cm³/mol. The van der Waals surface area contributed by atoms with Crippen LogP contribution < -0.4 is 5.32 Å². The quantitative estimate of drug-likeness (QED) is 0.700. The van der Waals surface area contributed by atoms with Crippen molar-refractivity contribution in [2.75, 3.05) is 39.9 Å². The SMILES string of the molecule is COCCN1CCCNCC1CC#N. The lowest BCUT2D eigenvalue weighted by atomic mass is 10.2. The third kappa shape index (κ3) is 3.62. The summed E-state index contributed by atoms with van der Waals surface area (Å²) >= 11 is 0. The Labute approximate surface area is 85.8 Å². The van der Waals surface area contributed by atoms with Gasteiger partial charge < -0.3 is 10.1 Å². The zero-order chi connectivity index (χ0) is 10.2. The van der Waals surface area contributed by atoms with Crippen molar-refractivity contribution in [3.05, 3.63) is 0 Å². The molecule has 1 aliphatic heterocycles. The van der Waals surface area contributed by atoms with Gasteiger partial charge in [-0.1, -0.05) is 0 Å². The van der Waals surface area contributed by atoms with E-state index in [1.807, 2.05) is 0 Å². The Morgan fingerprint density at radius 3 is 3.21 bits per heavy atom. The summed E-state index contributed by atoms with van der Waals surface area (Å²) in [5, 5.41) is 12.1. The van der Waals surface area contributed by atoms with Crippen molar-refractivity contribution in [1.29, 1.82) is 5.26 Å². The van der Waals surface area contributed by atoms with Gasteiger partial charge in [0.15, 0.2) is 0 Å². The van der Waals surface area contributed by atoms with Crippen molar-refractivity contribution in [2.24, 2.45) is 0 Å². The molecule has 0 bridgehead atoms. The third-order valence-corrected chi connectivity index (χ3v) is 2.60. The van der Waals surface area contributed by atoms with Crippen molar-refractivity contribution in [1.82, 2.24) is 10.2 Å². The van der Waals surface area contributed by atoms with E-state index in [0.717, 1.165) is 39.2 Å². The first-order valence-corrected chi connectivity index (χ1v) is 5.19. The molecule has 1 rings (SSSR count). The van der Waals surface area contributed by atoms with E-state index in [4.69, 9.17) is 10.00 Å². The molecule has 0 aliphatic carbocycles. The monoisotopic (exact) mass is 197 g/mol. The highest BCUT2D eigenvalue weighted by atomic mass is 16.5. The normalized spacial score (nSPS) is 24.1. The van der Waals surface area contributed by atoms with Crippen LogP contribution in [0.5, 0.6) is 0 Å². The van der Waals surface area contributed by atoms with Crippen LogP contribution in [0.15, 0.2) is 0 Å². The third-order valence-electron chi connectivity index (χ3n) is 2.60. The molecule has 0 aromatic carbocycles. The Morgan fingerprint density at radius 1 is 1.64 bits per heavy atom. The average molecular weight is 197 g/mol. The largest absolute Gasteiger partial charge is 0.383 e. The molecule has 0 aromatic rings. The molecule has 1 fully saturated rings. The number of rotatable bonds is 4. The lowest BCUT2D eigenvalue weighted by Gasteiger charge is -2.27. The molecular formula is C10H19N3O. The van der Waals surface area contributed by atoms with Gasteiger partial charge in [-0.2, -0.15) is 5.26 Å². The number of nitrogens with one attached hydrogen (secondary N) is 1. The van der Waals surface area contributed by atoms with Crippen LogP contribution >= 0.6 is 0 Å². The van der Waals surface area contributed by atoms with Crippen LogP contribution in [0.2, 0.25) is 0 Å². The van der Waals surface area contributed by atoms with E-state index in [2.05, 4.69) is 16.3 Å². The topological polar surface area (TPSA) is 48.3 Å². The van der Waals surface area contributed by atoms with E-state index in [1.165, 1.54) is 0 Å². The van der Waals surface area contributed by atoms with Gasteiger partial charge in [-0.05, 0) is 19.5 Å². The molecule has 4 nitrogen and oxygen atoms in total. The summed E-state index contributed by atoms with van der Waals surface area (Å²) in [6.07, 6.45) is 1.77. The summed E-state index contributed by atoms with van der Waals surface area (Å²) in [5.41, 5.74) is 0. The molecule has 0 radical (unpaired) electrons. The molecular weight excluding hydrogens is 178 g/mol. The predicted octanol–water partition coefficient (Wildman–Crippen LogP) is 0.210. The molecule has 1 unspecified atom stereocenters. The van der Waals surface area contributed by atoms with Gasteiger partial charge in [0.2, 0.25) is 0 Å². The highest BCUT2D eigenvalue weighted by Gasteiger charge is 2.19. The van der Waals surface area contributed by atoms with Crippen molar-refractivity contribution in [2.45, 2.75) is 18.9 Å². The van der Waals surface area contributed by atoms with Gasteiger partial charge in [0.05, 0.1) is 19.1 Å². The second-order valence-corrected chi connectivity index (χ2v) is 3.60. The molecule has 0 saturated carbocycles. The van der Waals surface area contributed by atoms with Gasteiger partial charge in [0, 0.05) is 26.2 Å². The second-order valence-electron chi connectivity index (χ2n) is 3.60. The first kappa shape index (κ1) is 11.4. The zero-order valence-corrected chi connectivity index (χ0v) is 8.83. The van der Waals surface area contributed by atoms with Crippen LogP contribution in [0, 0.1) is 11.3 Å². The summed E-state index contributed by atoms with van der Waals surface area (Å²) in [7, 11) is 1.72. The van der Waals surface area contributed by atoms with Crippen LogP contribution in [-0.4, -0.2) is 50.8 Å². The van der Waals surface area contributed by atoms with Crippen LogP contribution in [0.4, 0.5) is 0 Å². The lowest BCUT2D eigenvalue weighted by Crippen LogP contribution is -2.41. The molecule has 0 aromatic heterocycles. The molecule has 0 amide bonds. The fourth-order valence-corrected chi connectivity index (χ4v) is 1.80. The highest BCUT2D eigenvalue weighted by molar-refractivity contribution is 4.86. The molecule has 4 heteroatoms. The van der Waals surface area contributed by atoms with E-state index >= 15 is 0 Å². The summed E-state index contributed by atoms with van der Waals surface area (Å²) in [5.74, 6) is 0. The first-order valence-electron chi connectivity index (χ1n) is 5.19.